The largest absolute Gasteiger partial charge is 0.399 e. The molecule has 4 rings (SSSR count). The van der Waals surface area contributed by atoms with Crippen molar-refractivity contribution in [1.82, 2.24) is 10.6 Å². The summed E-state index contributed by atoms with van der Waals surface area (Å²) in [5.41, 5.74) is 27.3. The molecule has 0 unspecified atom stereocenters. The van der Waals surface area contributed by atoms with Gasteiger partial charge in [-0.2, -0.15) is 0 Å². The predicted octanol–water partition coefficient (Wildman–Crippen LogP) is 13.7. The van der Waals surface area contributed by atoms with E-state index in [1.54, 1.807) is 0 Å². The fraction of sp³-hybridized carbons (Fsp3) is 0.373. The van der Waals surface area contributed by atoms with E-state index in [9.17, 15) is 0 Å². The molecule has 3 nitrogen and oxygen atoms in total. The van der Waals surface area contributed by atoms with Gasteiger partial charge in [0.15, 0.2) is 0 Å². The fourth-order valence-corrected chi connectivity index (χ4v) is 8.92. The average molecular weight is 722 g/mol. The number of hydrogen-bond donors (Lipinski definition) is 3. The normalized spacial score (nSPS) is 18.5. The minimum absolute atomic E-state index is 0.0237. The van der Waals surface area contributed by atoms with Gasteiger partial charge in [-0.1, -0.05) is 120 Å². The summed E-state index contributed by atoms with van der Waals surface area (Å²) in [7, 11) is 0. The lowest BCUT2D eigenvalue weighted by atomic mass is 9.68. The van der Waals surface area contributed by atoms with Crippen LogP contribution in [0.15, 0.2) is 167 Å². The fourth-order valence-electron chi connectivity index (χ4n) is 8.92. The summed E-state index contributed by atoms with van der Waals surface area (Å²) in [6.07, 6.45) is 5.03. The van der Waals surface area contributed by atoms with E-state index in [0.717, 1.165) is 89.2 Å². The van der Waals surface area contributed by atoms with Crippen LogP contribution < -0.4 is 16.4 Å². The third-order valence-corrected chi connectivity index (χ3v) is 11.9. The van der Waals surface area contributed by atoms with E-state index in [0.29, 0.717) is 0 Å². The smallest absolute Gasteiger partial charge is 0.0379 e. The maximum atomic E-state index is 6.41. The molecule has 0 fully saturated rings. The van der Waals surface area contributed by atoms with Crippen molar-refractivity contribution in [1.29, 1.82) is 0 Å². The van der Waals surface area contributed by atoms with Crippen LogP contribution in [-0.4, -0.2) is 0 Å². The van der Waals surface area contributed by atoms with Gasteiger partial charge in [0.1, 0.15) is 0 Å². The standard InChI is InChI=1S/C51H67N3/c1-16-31(6)44(27-35(10)48-39(14)53-37(12)46(33(8)18-3)50(48)41-23-20-22-30(5)26-41)45(32(7)17-2)28-36(11)49-40(15)54-38(13)47(34(9)19-4)51(49)42-24-21-25-43(52)29-42/h20-26,29,44-45,50-51,53-54H,6-11,16-19,27-28,52H2,1-5,12-15H3/t44-,45-,50+,51+/m1/s1. The van der Waals surface area contributed by atoms with Crippen LogP contribution in [-0.2, 0) is 0 Å². The van der Waals surface area contributed by atoms with Gasteiger partial charge in [-0.3, -0.25) is 0 Å². The number of allylic oxidation sites excluding steroid dienone is 14. The van der Waals surface area contributed by atoms with Crippen LogP contribution in [0.4, 0.5) is 5.69 Å². The van der Waals surface area contributed by atoms with Crippen LogP contribution in [0.2, 0.25) is 0 Å². The lowest BCUT2D eigenvalue weighted by Gasteiger charge is -2.38. The second kappa shape index (κ2) is 18.0. The van der Waals surface area contributed by atoms with Crippen LogP contribution in [0, 0.1) is 18.8 Å². The molecular weight excluding hydrogens is 655 g/mol. The molecule has 2 aliphatic heterocycles. The summed E-state index contributed by atoms with van der Waals surface area (Å²) in [6.45, 7) is 48.0. The SMILES string of the molecule is C=C(CC)C1=C(C)NC(C)=C(C(=C)C[C@H](C(=C)CC)[C@H](CC(=C)C2=C(C)NC(C)=C(C(=C)CC)[C@@H]2c2cccc(N)c2)C(=C)CC)[C@H]1c1cccc(C)c1. The van der Waals surface area contributed by atoms with Crippen LogP contribution in [0.25, 0.3) is 0 Å². The van der Waals surface area contributed by atoms with E-state index in [-0.39, 0.29) is 23.7 Å². The molecule has 0 saturated heterocycles. The van der Waals surface area contributed by atoms with Gasteiger partial charge in [-0.05, 0) is 153 Å². The minimum Gasteiger partial charge on any atom is -0.399 e. The molecular formula is C51H67N3. The number of nitrogen functional groups attached to an aromatic ring is 1. The number of nitrogens with two attached hydrogens (primary N) is 1. The number of anilines is 1. The van der Waals surface area contributed by atoms with Gasteiger partial charge in [-0.15, -0.1) is 0 Å². The topological polar surface area (TPSA) is 50.1 Å². The molecule has 3 heteroatoms. The second-order valence-electron chi connectivity index (χ2n) is 15.6. The van der Waals surface area contributed by atoms with Crippen LogP contribution in [0.3, 0.4) is 0 Å². The van der Waals surface area contributed by atoms with Gasteiger partial charge in [0.2, 0.25) is 0 Å². The maximum Gasteiger partial charge on any atom is 0.0379 e. The number of hydrogen-bond acceptors (Lipinski definition) is 3. The van der Waals surface area contributed by atoms with E-state index >= 15 is 0 Å². The first-order valence-electron chi connectivity index (χ1n) is 20.0. The molecule has 0 spiro atoms. The Morgan fingerprint density at radius 3 is 1.26 bits per heavy atom. The van der Waals surface area contributed by atoms with Gasteiger partial charge in [0.05, 0.1) is 0 Å². The van der Waals surface area contributed by atoms with Crippen molar-refractivity contribution in [2.45, 2.75) is 113 Å². The zero-order valence-corrected chi connectivity index (χ0v) is 35.0. The molecule has 0 bridgehead atoms. The van der Waals surface area contributed by atoms with E-state index in [4.69, 9.17) is 32.0 Å². The number of benzene rings is 2. The zero-order valence-electron chi connectivity index (χ0n) is 35.0. The monoisotopic (exact) mass is 722 g/mol. The average Bonchev–Trinajstić information content (AvgIpc) is 3.14. The lowest BCUT2D eigenvalue weighted by Crippen LogP contribution is -2.28. The molecule has 4 atom stereocenters. The van der Waals surface area contributed by atoms with Crippen molar-refractivity contribution >= 4 is 5.69 Å². The molecule has 2 aromatic carbocycles. The maximum absolute atomic E-state index is 6.41. The first-order chi connectivity index (χ1) is 25.6. The van der Waals surface area contributed by atoms with E-state index in [1.807, 2.05) is 6.07 Å². The summed E-state index contributed by atoms with van der Waals surface area (Å²) in [6, 6.07) is 17.2. The quantitative estimate of drug-likeness (QED) is 0.113. The first-order valence-corrected chi connectivity index (χ1v) is 20.0. The molecule has 0 radical (unpaired) electrons. The van der Waals surface area contributed by atoms with Gasteiger partial charge >= 0.3 is 0 Å². The van der Waals surface area contributed by atoms with Crippen molar-refractivity contribution in [2.75, 3.05) is 5.73 Å². The highest BCUT2D eigenvalue weighted by Gasteiger charge is 2.36. The van der Waals surface area contributed by atoms with Gasteiger partial charge in [0, 0.05) is 40.3 Å². The Balaban J connectivity index is 1.80. The number of dihydropyridines is 2. The summed E-state index contributed by atoms with van der Waals surface area (Å²) in [5.74, 6) is 0.269. The molecule has 2 heterocycles. The lowest BCUT2D eigenvalue weighted by molar-refractivity contribution is 0.411. The number of aryl methyl sites for hydroxylation is 1. The molecule has 2 aromatic rings. The molecule has 0 amide bonds. The summed E-state index contributed by atoms with van der Waals surface area (Å²) in [4.78, 5) is 0. The third-order valence-electron chi connectivity index (χ3n) is 11.9. The number of nitrogens with one attached hydrogen (secondary N) is 2. The van der Waals surface area contributed by atoms with Crippen molar-refractivity contribution in [2.24, 2.45) is 11.8 Å². The molecule has 286 valence electrons. The van der Waals surface area contributed by atoms with E-state index in [1.165, 1.54) is 50.3 Å². The third kappa shape index (κ3) is 8.78. The molecule has 0 aromatic heterocycles. The minimum atomic E-state index is -0.0237. The van der Waals surface area contributed by atoms with Gasteiger partial charge < -0.3 is 16.4 Å². The Kier molecular flexibility index (Phi) is 14.0. The summed E-state index contributed by atoms with van der Waals surface area (Å²) in [5, 5.41) is 7.47. The van der Waals surface area contributed by atoms with Gasteiger partial charge in [0.25, 0.3) is 0 Å². The Morgan fingerprint density at radius 1 is 0.537 bits per heavy atom. The Labute approximate surface area is 328 Å². The van der Waals surface area contributed by atoms with E-state index in [2.05, 4.69) is 129 Å². The van der Waals surface area contributed by atoms with Crippen molar-refractivity contribution < 1.29 is 0 Å². The summed E-state index contributed by atoms with van der Waals surface area (Å²) < 4.78 is 0. The predicted molar refractivity (Wildman–Crippen MR) is 237 cm³/mol. The Morgan fingerprint density at radius 2 is 0.907 bits per heavy atom. The van der Waals surface area contributed by atoms with Crippen molar-refractivity contribution in [3.63, 3.8) is 0 Å². The van der Waals surface area contributed by atoms with Crippen molar-refractivity contribution in [3.05, 3.63) is 183 Å². The highest BCUT2D eigenvalue weighted by Crippen LogP contribution is 2.50. The molecule has 54 heavy (non-hydrogen) atoms. The molecule has 0 aliphatic carbocycles. The second-order valence-corrected chi connectivity index (χ2v) is 15.6. The van der Waals surface area contributed by atoms with E-state index < -0.39 is 0 Å². The number of rotatable bonds is 17. The molecule has 4 N–H and O–H groups in total. The van der Waals surface area contributed by atoms with Crippen LogP contribution in [0.1, 0.15) is 122 Å². The molecule has 2 aliphatic rings. The summed E-state index contributed by atoms with van der Waals surface area (Å²) >= 11 is 0. The van der Waals surface area contributed by atoms with Crippen molar-refractivity contribution in [3.8, 4) is 0 Å². The molecule has 0 saturated carbocycles. The van der Waals surface area contributed by atoms with Crippen LogP contribution in [0.5, 0.6) is 0 Å². The van der Waals surface area contributed by atoms with Gasteiger partial charge in [-0.25, -0.2) is 0 Å². The Hall–Kier alpha value is -4.76. The van der Waals surface area contributed by atoms with Crippen LogP contribution >= 0.6 is 0 Å². The highest BCUT2D eigenvalue weighted by molar-refractivity contribution is 5.61. The Bertz CT molecular complexity index is 1840. The highest BCUT2D eigenvalue weighted by atomic mass is 14.9. The first kappa shape index (κ1) is 42.0. The zero-order chi connectivity index (χ0) is 40.0.